The number of halogens is 2. The topological polar surface area (TPSA) is 31.4 Å². The van der Waals surface area contributed by atoms with E-state index in [1.807, 2.05) is 6.07 Å². The van der Waals surface area contributed by atoms with E-state index in [4.69, 9.17) is 9.47 Å². The third-order valence-corrected chi connectivity index (χ3v) is 7.82. The first kappa shape index (κ1) is 25.1. The van der Waals surface area contributed by atoms with E-state index in [1.165, 1.54) is 63.5 Å². The van der Waals surface area contributed by atoms with E-state index in [0.29, 0.717) is 30.2 Å². The number of ether oxygens (including phenoxy) is 2. The van der Waals surface area contributed by atoms with E-state index >= 15 is 0 Å². The van der Waals surface area contributed by atoms with Gasteiger partial charge in [0.25, 0.3) is 0 Å². The molecule has 3 nitrogen and oxygen atoms in total. The molecule has 0 radical (unpaired) electrons. The van der Waals surface area contributed by atoms with Gasteiger partial charge in [0.05, 0.1) is 25.0 Å². The van der Waals surface area contributed by atoms with Crippen molar-refractivity contribution in [3.63, 3.8) is 0 Å². The van der Waals surface area contributed by atoms with Crippen molar-refractivity contribution in [2.75, 3.05) is 13.2 Å². The molecule has 1 saturated heterocycles. The summed E-state index contributed by atoms with van der Waals surface area (Å²) in [4.78, 5) is 4.45. The van der Waals surface area contributed by atoms with Crippen LogP contribution >= 0.6 is 0 Å². The Labute approximate surface area is 203 Å². The van der Waals surface area contributed by atoms with Gasteiger partial charge in [0.2, 0.25) is 5.82 Å². The number of nitrogens with zero attached hydrogens (tertiary/aromatic N) is 1. The summed E-state index contributed by atoms with van der Waals surface area (Å²) < 4.78 is 40.3. The van der Waals surface area contributed by atoms with Gasteiger partial charge in [-0.25, -0.2) is 4.39 Å². The lowest BCUT2D eigenvalue weighted by atomic mass is 9.75. The predicted octanol–water partition coefficient (Wildman–Crippen LogP) is 8.07. The number of aromatic nitrogens is 1. The van der Waals surface area contributed by atoms with Crippen LogP contribution in [0.1, 0.15) is 89.5 Å². The Morgan fingerprint density at radius 2 is 1.76 bits per heavy atom. The van der Waals surface area contributed by atoms with Crippen molar-refractivity contribution in [2.24, 2.45) is 11.8 Å². The van der Waals surface area contributed by atoms with Crippen LogP contribution in [0.5, 0.6) is 5.75 Å². The molecule has 1 aliphatic carbocycles. The number of pyridine rings is 1. The van der Waals surface area contributed by atoms with E-state index in [0.717, 1.165) is 24.3 Å². The molecule has 0 N–H and O–H groups in total. The molecule has 2 aliphatic rings. The van der Waals surface area contributed by atoms with Crippen LogP contribution in [0.3, 0.4) is 0 Å². The normalized spacial score (nSPS) is 25.3. The molecule has 1 aliphatic heterocycles. The summed E-state index contributed by atoms with van der Waals surface area (Å²) in [5.41, 5.74) is 1.68. The van der Waals surface area contributed by atoms with Crippen LogP contribution in [0.25, 0.3) is 11.3 Å². The summed E-state index contributed by atoms with van der Waals surface area (Å²) in [5, 5.41) is 0. The maximum absolute atomic E-state index is 14.5. The van der Waals surface area contributed by atoms with Gasteiger partial charge >= 0.3 is 0 Å². The van der Waals surface area contributed by atoms with Crippen molar-refractivity contribution in [3.8, 4) is 17.0 Å². The smallest absolute Gasteiger partial charge is 0.201 e. The minimum absolute atomic E-state index is 0.0701. The van der Waals surface area contributed by atoms with Crippen molar-refractivity contribution in [2.45, 2.75) is 90.1 Å². The fraction of sp³-hybridized carbons (Fsp3) is 0.621. The fourth-order valence-electron chi connectivity index (χ4n) is 5.74. The van der Waals surface area contributed by atoms with Crippen molar-refractivity contribution in [1.29, 1.82) is 0 Å². The highest BCUT2D eigenvalue weighted by Crippen LogP contribution is 2.39. The SMILES string of the molecule is CCCCCC1CCC(C2CCC(c3ccc(-c4ccc(OCC)c(F)c4F)nc3)CO2)CC1. The highest BCUT2D eigenvalue weighted by atomic mass is 19.2. The molecule has 2 aromatic rings. The van der Waals surface area contributed by atoms with E-state index < -0.39 is 11.6 Å². The zero-order chi connectivity index (χ0) is 23.9. The Balaban J connectivity index is 1.29. The lowest BCUT2D eigenvalue weighted by molar-refractivity contribution is -0.0436. The largest absolute Gasteiger partial charge is 0.491 e. The van der Waals surface area contributed by atoms with Crippen LogP contribution in [0.15, 0.2) is 30.5 Å². The number of benzene rings is 1. The summed E-state index contributed by atoms with van der Waals surface area (Å²) in [5.74, 6) is -0.00903. The highest BCUT2D eigenvalue weighted by Gasteiger charge is 2.32. The molecular weight excluding hydrogens is 432 g/mol. The minimum atomic E-state index is -0.966. The van der Waals surface area contributed by atoms with Gasteiger partial charge in [0.15, 0.2) is 11.6 Å². The molecular formula is C29H39F2NO2. The van der Waals surface area contributed by atoms with E-state index in [2.05, 4.69) is 11.9 Å². The Hall–Kier alpha value is -2.01. The predicted molar refractivity (Wildman–Crippen MR) is 132 cm³/mol. The Morgan fingerprint density at radius 1 is 0.941 bits per heavy atom. The van der Waals surface area contributed by atoms with Gasteiger partial charge in [-0.1, -0.05) is 51.5 Å². The average Bonchev–Trinajstić information content (AvgIpc) is 2.88. The number of hydrogen-bond donors (Lipinski definition) is 0. The monoisotopic (exact) mass is 471 g/mol. The summed E-state index contributed by atoms with van der Waals surface area (Å²) >= 11 is 0. The van der Waals surface area contributed by atoms with Crippen LogP contribution in [-0.4, -0.2) is 24.3 Å². The standard InChI is InChI=1S/C29H39F2NO2/c1-3-5-6-7-20-8-10-21(11-9-20)26-16-13-23(19-34-26)22-12-15-25(32-18-22)24-14-17-27(33-4-2)29(31)28(24)30/h12,14-15,17-18,20-21,23,26H,3-11,13,16,19H2,1-2H3. The molecule has 5 heteroatoms. The third kappa shape index (κ3) is 5.97. The molecule has 2 atom stereocenters. The number of unbranched alkanes of at least 4 members (excludes halogenated alkanes) is 2. The molecule has 1 aromatic carbocycles. The molecule has 34 heavy (non-hydrogen) atoms. The van der Waals surface area contributed by atoms with Crippen LogP contribution in [0.2, 0.25) is 0 Å². The molecule has 186 valence electrons. The number of rotatable bonds is 9. The molecule has 0 spiro atoms. The molecule has 0 bridgehead atoms. The maximum atomic E-state index is 14.5. The first-order chi connectivity index (χ1) is 16.6. The fourth-order valence-corrected chi connectivity index (χ4v) is 5.74. The van der Waals surface area contributed by atoms with Crippen molar-refractivity contribution in [3.05, 3.63) is 47.7 Å². The molecule has 4 rings (SSSR count). The summed E-state index contributed by atoms with van der Waals surface area (Å²) in [7, 11) is 0. The van der Waals surface area contributed by atoms with Crippen LogP contribution < -0.4 is 4.74 Å². The van der Waals surface area contributed by atoms with E-state index in [9.17, 15) is 8.78 Å². The second-order valence-electron chi connectivity index (χ2n) is 10.1. The van der Waals surface area contributed by atoms with Gasteiger partial charge in [-0.3, -0.25) is 4.98 Å². The Bertz CT molecular complexity index is 901. The van der Waals surface area contributed by atoms with Crippen LogP contribution in [-0.2, 0) is 4.74 Å². The first-order valence-electron chi connectivity index (χ1n) is 13.3. The van der Waals surface area contributed by atoms with Gasteiger partial charge < -0.3 is 9.47 Å². The van der Waals surface area contributed by atoms with Crippen molar-refractivity contribution < 1.29 is 18.3 Å². The third-order valence-electron chi connectivity index (χ3n) is 7.82. The quantitative estimate of drug-likeness (QED) is 0.346. The van der Waals surface area contributed by atoms with Gasteiger partial charge in [0, 0.05) is 17.7 Å². The summed E-state index contributed by atoms with van der Waals surface area (Å²) in [6, 6.07) is 6.74. The Morgan fingerprint density at radius 3 is 2.41 bits per heavy atom. The van der Waals surface area contributed by atoms with Crippen molar-refractivity contribution in [1.82, 2.24) is 4.98 Å². The second-order valence-corrected chi connectivity index (χ2v) is 10.1. The van der Waals surface area contributed by atoms with Crippen molar-refractivity contribution >= 4 is 0 Å². The highest BCUT2D eigenvalue weighted by molar-refractivity contribution is 5.61. The van der Waals surface area contributed by atoms with Crippen LogP contribution in [0, 0.1) is 23.5 Å². The van der Waals surface area contributed by atoms with Gasteiger partial charge in [-0.05, 0) is 68.2 Å². The molecule has 1 saturated carbocycles. The molecule has 2 heterocycles. The van der Waals surface area contributed by atoms with E-state index in [-0.39, 0.29) is 17.9 Å². The molecule has 1 aromatic heterocycles. The maximum Gasteiger partial charge on any atom is 0.201 e. The Kier molecular flexibility index (Phi) is 8.93. The van der Waals surface area contributed by atoms with E-state index in [1.54, 1.807) is 19.2 Å². The van der Waals surface area contributed by atoms with Gasteiger partial charge in [-0.15, -0.1) is 0 Å². The lowest BCUT2D eigenvalue weighted by Gasteiger charge is -2.38. The zero-order valence-corrected chi connectivity index (χ0v) is 20.7. The van der Waals surface area contributed by atoms with Gasteiger partial charge in [0.1, 0.15) is 0 Å². The van der Waals surface area contributed by atoms with Gasteiger partial charge in [-0.2, -0.15) is 4.39 Å². The second kappa shape index (κ2) is 12.1. The molecule has 2 unspecified atom stereocenters. The first-order valence-corrected chi connectivity index (χ1v) is 13.3. The summed E-state index contributed by atoms with van der Waals surface area (Å²) in [6.45, 7) is 5.02. The minimum Gasteiger partial charge on any atom is -0.491 e. The number of hydrogen-bond acceptors (Lipinski definition) is 3. The lowest BCUT2D eigenvalue weighted by Crippen LogP contribution is -2.33. The zero-order valence-electron chi connectivity index (χ0n) is 20.7. The van der Waals surface area contributed by atoms with Crippen LogP contribution in [0.4, 0.5) is 8.78 Å². The molecule has 2 fully saturated rings. The average molecular weight is 472 g/mol. The summed E-state index contributed by atoms with van der Waals surface area (Å²) in [6.07, 6.45) is 15.2. The molecule has 0 amide bonds.